The van der Waals surface area contributed by atoms with E-state index in [-0.39, 0.29) is 10.8 Å². The SMILES string of the molecule is CC1(C)c2cc3c(cc2-c2c1ccc1ccccc21)C1(CCCCC1)c1cc(Nc2ccccc2S(C)(C)C)ccc1-3. The van der Waals surface area contributed by atoms with Crippen LogP contribution in [0.25, 0.3) is 33.0 Å². The highest BCUT2D eigenvalue weighted by Crippen LogP contribution is 2.61. The molecular weight excluding hydrogens is 527 g/mol. The fourth-order valence-electron chi connectivity index (χ4n) is 8.52. The van der Waals surface area contributed by atoms with Crippen LogP contribution in [0.2, 0.25) is 0 Å². The van der Waals surface area contributed by atoms with E-state index in [1.54, 1.807) is 11.1 Å². The Hall–Kier alpha value is -3.49. The van der Waals surface area contributed by atoms with Crippen molar-refractivity contribution in [3.63, 3.8) is 0 Å². The van der Waals surface area contributed by atoms with Crippen LogP contribution in [0.1, 0.15) is 68.2 Å². The second kappa shape index (κ2) is 9.01. The Labute approximate surface area is 252 Å². The quantitative estimate of drug-likeness (QED) is 0.229. The van der Waals surface area contributed by atoms with Crippen molar-refractivity contribution in [1.82, 2.24) is 0 Å². The van der Waals surface area contributed by atoms with Crippen LogP contribution in [-0.4, -0.2) is 18.8 Å². The summed E-state index contributed by atoms with van der Waals surface area (Å²) in [6, 6.07) is 35.0. The average molecular weight is 568 g/mol. The molecule has 5 aromatic carbocycles. The molecule has 0 heterocycles. The Balaban J connectivity index is 1.32. The van der Waals surface area contributed by atoms with Gasteiger partial charge >= 0.3 is 0 Å². The van der Waals surface area contributed by atoms with Crippen LogP contribution in [0.4, 0.5) is 11.4 Å². The number of nitrogens with one attached hydrogen (secondary N) is 1. The van der Waals surface area contributed by atoms with Gasteiger partial charge in [-0.25, -0.2) is 10.0 Å². The summed E-state index contributed by atoms with van der Waals surface area (Å²) in [6.45, 7) is 4.85. The maximum absolute atomic E-state index is 3.87. The topological polar surface area (TPSA) is 12.0 Å². The van der Waals surface area contributed by atoms with Crippen molar-refractivity contribution in [3.05, 3.63) is 113 Å². The van der Waals surface area contributed by atoms with E-state index in [0.29, 0.717) is 0 Å². The van der Waals surface area contributed by atoms with Gasteiger partial charge in [-0.3, -0.25) is 0 Å². The minimum Gasteiger partial charge on any atom is -0.355 e. The van der Waals surface area contributed by atoms with Gasteiger partial charge in [-0.15, -0.1) is 0 Å². The first-order valence-corrected chi connectivity index (χ1v) is 18.5. The average Bonchev–Trinajstić information content (AvgIpc) is 3.37. The molecule has 0 atom stereocenters. The lowest BCUT2D eigenvalue weighted by Crippen LogP contribution is -2.28. The van der Waals surface area contributed by atoms with E-state index in [9.17, 15) is 0 Å². The number of rotatable bonds is 3. The highest BCUT2D eigenvalue weighted by Gasteiger charge is 2.46. The molecule has 1 fully saturated rings. The van der Waals surface area contributed by atoms with Crippen LogP contribution < -0.4 is 5.32 Å². The van der Waals surface area contributed by atoms with Gasteiger partial charge in [0.2, 0.25) is 0 Å². The molecule has 0 bridgehead atoms. The van der Waals surface area contributed by atoms with E-state index in [1.165, 1.54) is 92.5 Å². The van der Waals surface area contributed by atoms with E-state index in [4.69, 9.17) is 0 Å². The zero-order valence-electron chi connectivity index (χ0n) is 25.6. The molecule has 0 aromatic heterocycles. The van der Waals surface area contributed by atoms with Gasteiger partial charge in [0.1, 0.15) is 0 Å². The van der Waals surface area contributed by atoms with E-state index >= 15 is 0 Å². The number of hydrogen-bond acceptors (Lipinski definition) is 1. The zero-order valence-corrected chi connectivity index (χ0v) is 26.4. The molecule has 8 rings (SSSR count). The molecule has 0 saturated heterocycles. The van der Waals surface area contributed by atoms with E-state index in [1.807, 2.05) is 0 Å². The molecule has 1 spiro atoms. The van der Waals surface area contributed by atoms with Gasteiger partial charge in [0.25, 0.3) is 0 Å². The molecule has 0 amide bonds. The lowest BCUT2D eigenvalue weighted by atomic mass is 9.67. The van der Waals surface area contributed by atoms with Crippen molar-refractivity contribution < 1.29 is 0 Å². The zero-order chi connectivity index (χ0) is 28.9. The predicted molar refractivity (Wildman–Crippen MR) is 184 cm³/mol. The number of benzene rings is 5. The largest absolute Gasteiger partial charge is 0.355 e. The Morgan fingerprint density at radius 2 is 1.33 bits per heavy atom. The first-order chi connectivity index (χ1) is 20.2. The molecule has 3 aliphatic carbocycles. The van der Waals surface area contributed by atoms with Gasteiger partial charge < -0.3 is 5.32 Å². The van der Waals surface area contributed by atoms with Crippen LogP contribution >= 0.6 is 10.0 Å². The second-order valence-corrected chi connectivity index (χ2v) is 18.3. The number of fused-ring (bicyclic) bond motifs is 10. The van der Waals surface area contributed by atoms with Crippen LogP contribution in [0.15, 0.2) is 95.9 Å². The number of para-hydroxylation sites is 1. The minimum absolute atomic E-state index is 0.0211. The molecule has 3 aliphatic rings. The van der Waals surface area contributed by atoms with Crippen molar-refractivity contribution >= 4 is 32.2 Å². The summed E-state index contributed by atoms with van der Waals surface area (Å²) < 4.78 is 0. The third-order valence-electron chi connectivity index (χ3n) is 10.6. The van der Waals surface area contributed by atoms with Crippen molar-refractivity contribution in [2.75, 3.05) is 24.1 Å². The minimum atomic E-state index is -0.856. The Morgan fingerprint density at radius 1 is 0.619 bits per heavy atom. The van der Waals surface area contributed by atoms with Gasteiger partial charge in [-0.05, 0) is 123 Å². The first kappa shape index (κ1) is 26.2. The van der Waals surface area contributed by atoms with Gasteiger partial charge in [0.05, 0.1) is 5.69 Å². The van der Waals surface area contributed by atoms with Gasteiger partial charge in [-0.1, -0.05) is 87.7 Å². The molecule has 42 heavy (non-hydrogen) atoms. The smallest absolute Gasteiger partial charge is 0.0507 e. The summed E-state index contributed by atoms with van der Waals surface area (Å²) in [6.07, 6.45) is 13.6. The molecule has 0 aliphatic heterocycles. The highest BCUT2D eigenvalue weighted by molar-refractivity contribution is 8.32. The summed E-state index contributed by atoms with van der Waals surface area (Å²) in [4.78, 5) is 1.44. The molecule has 1 nitrogen and oxygen atoms in total. The Morgan fingerprint density at radius 3 is 2.14 bits per heavy atom. The maximum atomic E-state index is 3.87. The van der Waals surface area contributed by atoms with E-state index in [2.05, 4.69) is 129 Å². The van der Waals surface area contributed by atoms with Gasteiger partial charge in [0.15, 0.2) is 0 Å². The summed E-state index contributed by atoms with van der Waals surface area (Å²) in [7, 11) is -0.856. The lowest BCUT2D eigenvalue weighted by Gasteiger charge is -2.36. The van der Waals surface area contributed by atoms with Gasteiger partial charge in [-0.2, -0.15) is 0 Å². The van der Waals surface area contributed by atoms with Crippen LogP contribution in [0.5, 0.6) is 0 Å². The molecular formula is C40H41NS. The Bertz CT molecular complexity index is 1900. The molecule has 5 aromatic rings. The predicted octanol–water partition coefficient (Wildman–Crippen LogP) is 11.2. The molecule has 0 unspecified atom stereocenters. The third-order valence-corrected chi connectivity index (χ3v) is 12.3. The molecule has 1 saturated carbocycles. The first-order valence-electron chi connectivity index (χ1n) is 15.6. The van der Waals surface area contributed by atoms with Crippen molar-refractivity contribution in [1.29, 1.82) is 0 Å². The van der Waals surface area contributed by atoms with Crippen LogP contribution in [0.3, 0.4) is 0 Å². The number of hydrogen-bond donors (Lipinski definition) is 1. The summed E-state index contributed by atoms with van der Waals surface area (Å²) >= 11 is 0. The van der Waals surface area contributed by atoms with Crippen molar-refractivity contribution in [3.8, 4) is 22.3 Å². The molecule has 212 valence electrons. The molecule has 2 heteroatoms. The normalized spacial score (nSPS) is 17.9. The second-order valence-electron chi connectivity index (χ2n) is 14.1. The van der Waals surface area contributed by atoms with Crippen LogP contribution in [-0.2, 0) is 10.8 Å². The fourth-order valence-corrected chi connectivity index (χ4v) is 9.79. The third kappa shape index (κ3) is 3.64. The van der Waals surface area contributed by atoms with Gasteiger partial charge in [0, 0.05) is 21.4 Å². The van der Waals surface area contributed by atoms with E-state index < -0.39 is 10.0 Å². The van der Waals surface area contributed by atoms with E-state index in [0.717, 1.165) is 0 Å². The van der Waals surface area contributed by atoms with Crippen molar-refractivity contribution in [2.24, 2.45) is 0 Å². The Kier molecular flexibility index (Phi) is 5.61. The summed E-state index contributed by atoms with van der Waals surface area (Å²) in [5.41, 5.74) is 14.5. The molecule has 0 radical (unpaired) electrons. The fraction of sp³-hybridized carbons (Fsp3) is 0.300. The molecule has 1 N–H and O–H groups in total. The monoisotopic (exact) mass is 567 g/mol. The maximum Gasteiger partial charge on any atom is 0.0507 e. The lowest BCUT2D eigenvalue weighted by molar-refractivity contribution is 0.353. The standard InChI is InChI=1S/C40H41NS/c1-39(2)32-20-17-26-13-7-8-14-28(26)38(32)31-25-35-30(24-33(31)39)29-19-18-27(23-34(29)40(35)21-11-6-12-22-40)41-36-15-9-10-16-37(36)42(3,4)5/h7-10,13-20,23-25,41H,6,11-12,21-22H2,1-5H3. The van der Waals surface area contributed by atoms with Crippen molar-refractivity contribution in [2.45, 2.75) is 61.7 Å². The summed E-state index contributed by atoms with van der Waals surface area (Å²) in [5.74, 6) is 0. The van der Waals surface area contributed by atoms with Crippen LogP contribution in [0, 0.1) is 0 Å². The highest BCUT2D eigenvalue weighted by atomic mass is 32.3. The summed E-state index contributed by atoms with van der Waals surface area (Å²) in [5, 5.41) is 6.60. The number of anilines is 2.